The fraction of sp³-hybridized carbons (Fsp3) is 0.556. The molecule has 3 rings (SSSR count). The molecule has 22 heavy (non-hydrogen) atoms. The maximum Gasteiger partial charge on any atom is 0.319 e. The van der Waals surface area contributed by atoms with E-state index in [1.54, 1.807) is 0 Å². The first-order chi connectivity index (χ1) is 10.5. The van der Waals surface area contributed by atoms with Gasteiger partial charge in [-0.1, -0.05) is 38.1 Å². The third kappa shape index (κ3) is 2.40. The summed E-state index contributed by atoms with van der Waals surface area (Å²) in [4.78, 5) is 23.4. The summed E-state index contributed by atoms with van der Waals surface area (Å²) in [7, 11) is 0. The molecule has 2 atom stereocenters. The second kappa shape index (κ2) is 5.41. The molecule has 0 spiro atoms. The summed E-state index contributed by atoms with van der Waals surface area (Å²) >= 11 is 0. The van der Waals surface area contributed by atoms with Crippen molar-refractivity contribution in [3.8, 4) is 0 Å². The zero-order valence-corrected chi connectivity index (χ0v) is 13.1. The quantitative estimate of drug-likeness (QED) is 0.822. The van der Waals surface area contributed by atoms with Crippen molar-refractivity contribution in [3.05, 3.63) is 35.4 Å². The molecule has 4 heteroatoms. The van der Waals surface area contributed by atoms with Crippen LogP contribution >= 0.6 is 0 Å². The van der Waals surface area contributed by atoms with Crippen LogP contribution in [0.15, 0.2) is 24.3 Å². The van der Waals surface area contributed by atoms with Gasteiger partial charge in [0, 0.05) is 12.5 Å². The molecule has 4 nitrogen and oxygen atoms in total. The van der Waals surface area contributed by atoms with Crippen LogP contribution in [-0.2, 0) is 9.59 Å². The number of amides is 1. The van der Waals surface area contributed by atoms with E-state index in [4.69, 9.17) is 0 Å². The van der Waals surface area contributed by atoms with Crippen LogP contribution in [0.5, 0.6) is 0 Å². The summed E-state index contributed by atoms with van der Waals surface area (Å²) in [5, 5.41) is 12.1. The zero-order chi connectivity index (χ0) is 15.9. The molecule has 0 saturated heterocycles. The van der Waals surface area contributed by atoms with Crippen molar-refractivity contribution in [2.45, 2.75) is 44.9 Å². The number of fused-ring (bicyclic) bond motifs is 1. The van der Waals surface area contributed by atoms with E-state index >= 15 is 0 Å². The summed E-state index contributed by atoms with van der Waals surface area (Å²) in [6.45, 7) is 4.99. The number of rotatable bonds is 5. The highest BCUT2D eigenvalue weighted by Crippen LogP contribution is 2.47. The van der Waals surface area contributed by atoms with Crippen LogP contribution in [0, 0.1) is 11.3 Å². The van der Waals surface area contributed by atoms with Gasteiger partial charge in [0.05, 0.1) is 0 Å². The Labute approximate surface area is 130 Å². The van der Waals surface area contributed by atoms with Crippen LogP contribution in [0.3, 0.4) is 0 Å². The average molecular weight is 301 g/mol. The third-order valence-corrected chi connectivity index (χ3v) is 5.28. The van der Waals surface area contributed by atoms with Crippen LogP contribution in [0.4, 0.5) is 0 Å². The summed E-state index contributed by atoms with van der Waals surface area (Å²) in [6, 6.07) is 8.43. The lowest BCUT2D eigenvalue weighted by atomic mass is 9.90. The topological polar surface area (TPSA) is 66.4 Å². The van der Waals surface area contributed by atoms with Gasteiger partial charge in [-0.2, -0.15) is 0 Å². The SMILES string of the molecule is CC(C)[C@@H]1C[C@@H](CNC(=O)C2(C(=O)O)CC2)c2ccccc21. The molecule has 1 aromatic rings. The van der Waals surface area contributed by atoms with Gasteiger partial charge < -0.3 is 10.4 Å². The first-order valence-corrected chi connectivity index (χ1v) is 8.06. The van der Waals surface area contributed by atoms with E-state index < -0.39 is 11.4 Å². The number of hydrogen-bond acceptors (Lipinski definition) is 2. The number of carboxylic acids is 1. The van der Waals surface area contributed by atoms with Crippen LogP contribution in [0.2, 0.25) is 0 Å². The van der Waals surface area contributed by atoms with Crippen molar-refractivity contribution < 1.29 is 14.7 Å². The number of hydrogen-bond donors (Lipinski definition) is 2. The predicted molar refractivity (Wildman–Crippen MR) is 83.7 cm³/mol. The Kier molecular flexibility index (Phi) is 3.71. The largest absolute Gasteiger partial charge is 0.480 e. The summed E-state index contributed by atoms with van der Waals surface area (Å²) in [5.41, 5.74) is 1.55. The molecule has 2 N–H and O–H groups in total. The minimum atomic E-state index is -1.14. The lowest BCUT2D eigenvalue weighted by Crippen LogP contribution is -2.38. The molecule has 0 unspecified atom stereocenters. The minimum Gasteiger partial charge on any atom is -0.480 e. The van der Waals surface area contributed by atoms with E-state index in [2.05, 4.69) is 37.4 Å². The highest BCUT2D eigenvalue weighted by Gasteiger charge is 2.57. The van der Waals surface area contributed by atoms with E-state index in [1.807, 2.05) is 6.07 Å². The molecule has 2 aliphatic rings. The van der Waals surface area contributed by atoms with Crippen molar-refractivity contribution in [2.75, 3.05) is 6.54 Å². The zero-order valence-electron chi connectivity index (χ0n) is 13.1. The molecule has 1 aromatic carbocycles. The molecular weight excluding hydrogens is 278 g/mol. The molecule has 0 radical (unpaired) electrons. The van der Waals surface area contributed by atoms with Crippen molar-refractivity contribution in [3.63, 3.8) is 0 Å². The molecule has 1 fully saturated rings. The number of benzene rings is 1. The van der Waals surface area contributed by atoms with Crippen LogP contribution in [-0.4, -0.2) is 23.5 Å². The highest BCUT2D eigenvalue weighted by molar-refractivity contribution is 6.04. The van der Waals surface area contributed by atoms with Gasteiger partial charge in [0.1, 0.15) is 5.41 Å². The number of carbonyl (C=O) groups is 2. The summed E-state index contributed by atoms with van der Waals surface area (Å²) < 4.78 is 0. The van der Waals surface area contributed by atoms with Crippen molar-refractivity contribution in [1.29, 1.82) is 0 Å². The lowest BCUT2D eigenvalue weighted by molar-refractivity contribution is -0.149. The number of carboxylic acid groups (broad SMARTS) is 1. The first-order valence-electron chi connectivity index (χ1n) is 8.06. The Balaban J connectivity index is 1.69. The number of aliphatic carboxylic acids is 1. The van der Waals surface area contributed by atoms with Gasteiger partial charge in [0.15, 0.2) is 0 Å². The Hall–Kier alpha value is -1.84. The molecule has 1 saturated carbocycles. The third-order valence-electron chi connectivity index (χ3n) is 5.28. The standard InChI is InChI=1S/C18H23NO3/c1-11(2)15-9-12(13-5-3-4-6-14(13)15)10-19-16(20)18(7-8-18)17(21)22/h3-6,11-12,15H,7-10H2,1-2H3,(H,19,20)(H,21,22)/t12-,15-/m0/s1. The monoisotopic (exact) mass is 301 g/mol. The normalized spacial score (nSPS) is 24.9. The van der Waals surface area contributed by atoms with Crippen molar-refractivity contribution >= 4 is 11.9 Å². The molecule has 0 heterocycles. The molecule has 0 aromatic heterocycles. The Bertz CT molecular complexity index is 604. The van der Waals surface area contributed by atoms with Crippen molar-refractivity contribution in [2.24, 2.45) is 11.3 Å². The molecule has 1 amide bonds. The minimum absolute atomic E-state index is 0.289. The highest BCUT2D eigenvalue weighted by atomic mass is 16.4. The van der Waals surface area contributed by atoms with E-state index in [-0.39, 0.29) is 11.8 Å². The van der Waals surface area contributed by atoms with Crippen LogP contribution in [0.25, 0.3) is 0 Å². The van der Waals surface area contributed by atoms with Crippen LogP contribution < -0.4 is 5.32 Å². The predicted octanol–water partition coefficient (Wildman–Crippen LogP) is 2.89. The van der Waals surface area contributed by atoms with Gasteiger partial charge in [0.25, 0.3) is 0 Å². The maximum atomic E-state index is 12.2. The smallest absolute Gasteiger partial charge is 0.319 e. The Morgan fingerprint density at radius 1 is 1.27 bits per heavy atom. The summed E-state index contributed by atoms with van der Waals surface area (Å²) in [6.07, 6.45) is 1.95. The van der Waals surface area contributed by atoms with Gasteiger partial charge in [-0.25, -0.2) is 0 Å². The van der Waals surface area contributed by atoms with Gasteiger partial charge in [-0.15, -0.1) is 0 Å². The van der Waals surface area contributed by atoms with Crippen molar-refractivity contribution in [1.82, 2.24) is 5.32 Å². The second-order valence-corrected chi connectivity index (χ2v) is 7.01. The van der Waals surface area contributed by atoms with E-state index in [9.17, 15) is 14.7 Å². The molecule has 2 aliphatic carbocycles. The van der Waals surface area contributed by atoms with E-state index in [1.165, 1.54) is 11.1 Å². The molecule has 0 bridgehead atoms. The van der Waals surface area contributed by atoms with E-state index in [0.717, 1.165) is 6.42 Å². The summed E-state index contributed by atoms with van der Waals surface area (Å²) in [5.74, 6) is 0.0719. The first kappa shape index (κ1) is 15.1. The Morgan fingerprint density at radius 3 is 2.45 bits per heavy atom. The van der Waals surface area contributed by atoms with E-state index in [0.29, 0.717) is 31.2 Å². The fourth-order valence-corrected chi connectivity index (χ4v) is 3.65. The molecular formula is C18H23NO3. The van der Waals surface area contributed by atoms with Gasteiger partial charge >= 0.3 is 5.97 Å². The number of carbonyl (C=O) groups excluding carboxylic acids is 1. The van der Waals surface area contributed by atoms with Gasteiger partial charge in [-0.3, -0.25) is 9.59 Å². The number of nitrogens with one attached hydrogen (secondary N) is 1. The second-order valence-electron chi connectivity index (χ2n) is 7.01. The van der Waals surface area contributed by atoms with Gasteiger partial charge in [-0.05, 0) is 42.2 Å². The Morgan fingerprint density at radius 2 is 1.91 bits per heavy atom. The van der Waals surface area contributed by atoms with Crippen LogP contribution in [0.1, 0.15) is 56.1 Å². The maximum absolute atomic E-state index is 12.2. The molecule has 0 aliphatic heterocycles. The lowest BCUT2D eigenvalue weighted by Gasteiger charge is -2.17. The molecule has 118 valence electrons. The van der Waals surface area contributed by atoms with Gasteiger partial charge in [0.2, 0.25) is 5.91 Å². The fourth-order valence-electron chi connectivity index (χ4n) is 3.65. The average Bonchev–Trinajstić information content (AvgIpc) is 3.22.